The van der Waals surface area contributed by atoms with Crippen LogP contribution in [0.1, 0.15) is 5.56 Å². The molecule has 0 fully saturated rings. The molecule has 0 aliphatic carbocycles. The largest absolute Gasteiger partial charge is 0.0860 e. The summed E-state index contributed by atoms with van der Waals surface area (Å²) in [7, 11) is 0. The molecule has 0 N–H and O–H groups in total. The zero-order valence-corrected chi connectivity index (χ0v) is 8.39. The van der Waals surface area contributed by atoms with Crippen LogP contribution in [-0.2, 0) is 6.42 Å². The van der Waals surface area contributed by atoms with Gasteiger partial charge in [0.05, 0.1) is 0 Å². The van der Waals surface area contributed by atoms with E-state index >= 15 is 0 Å². The number of alkyl halides is 1. The first kappa shape index (κ1) is 8.34. The Bertz CT molecular complexity index is 210. The van der Waals surface area contributed by atoms with Crippen molar-refractivity contribution >= 4 is 34.2 Å². The van der Waals surface area contributed by atoms with Crippen LogP contribution in [0, 0.1) is 0 Å². The molecular formula is C8H8ClI. The molecule has 2 heteroatoms. The minimum absolute atomic E-state index is 0.888. The third kappa shape index (κ3) is 2.13. The number of benzene rings is 1. The van der Waals surface area contributed by atoms with Crippen LogP contribution < -0.4 is 0 Å². The second-order valence-electron chi connectivity index (χ2n) is 2.03. The minimum atomic E-state index is 0.888. The Balaban J connectivity index is 2.81. The molecule has 0 nitrogen and oxygen atoms in total. The average molecular weight is 267 g/mol. The Morgan fingerprint density at radius 2 is 2.00 bits per heavy atom. The molecule has 0 amide bonds. The topological polar surface area (TPSA) is 0 Å². The van der Waals surface area contributed by atoms with Gasteiger partial charge in [-0.15, -0.1) is 0 Å². The highest BCUT2D eigenvalue weighted by Gasteiger charge is 1.95. The van der Waals surface area contributed by atoms with Crippen molar-refractivity contribution in [3.63, 3.8) is 0 Å². The van der Waals surface area contributed by atoms with E-state index in [0.29, 0.717) is 0 Å². The van der Waals surface area contributed by atoms with Crippen molar-refractivity contribution in [3.8, 4) is 0 Å². The zero-order chi connectivity index (χ0) is 7.40. The van der Waals surface area contributed by atoms with Gasteiger partial charge in [0.25, 0.3) is 0 Å². The molecule has 0 saturated heterocycles. The number of hydrogen-bond donors (Lipinski definition) is 0. The van der Waals surface area contributed by atoms with Crippen LogP contribution in [0.4, 0.5) is 0 Å². The lowest BCUT2D eigenvalue weighted by Crippen LogP contribution is -1.85. The Kier molecular flexibility index (Phi) is 3.49. The maximum absolute atomic E-state index is 5.90. The fourth-order valence-electron chi connectivity index (χ4n) is 0.803. The highest BCUT2D eigenvalue weighted by Crippen LogP contribution is 2.15. The van der Waals surface area contributed by atoms with Gasteiger partial charge in [-0.2, -0.15) is 0 Å². The summed E-state index contributed by atoms with van der Waals surface area (Å²) in [4.78, 5) is 0. The molecule has 1 aromatic carbocycles. The first-order valence-corrected chi connectivity index (χ1v) is 5.04. The van der Waals surface area contributed by atoms with Gasteiger partial charge in [0.15, 0.2) is 0 Å². The standard InChI is InChI=1S/C8H8ClI/c9-8-4-2-1-3-7(8)5-6-10/h1-4H,5-6H2. The number of rotatable bonds is 2. The molecule has 0 radical (unpaired) electrons. The van der Waals surface area contributed by atoms with E-state index in [-0.39, 0.29) is 0 Å². The maximum Gasteiger partial charge on any atom is 0.0438 e. The van der Waals surface area contributed by atoms with Crippen LogP contribution in [0.15, 0.2) is 24.3 Å². The number of aryl methyl sites for hydroxylation is 1. The molecule has 0 spiro atoms. The molecule has 10 heavy (non-hydrogen) atoms. The van der Waals surface area contributed by atoms with E-state index in [1.165, 1.54) is 5.56 Å². The first-order chi connectivity index (χ1) is 4.84. The zero-order valence-electron chi connectivity index (χ0n) is 5.48. The maximum atomic E-state index is 5.90. The SMILES string of the molecule is Clc1ccccc1CCI. The van der Waals surface area contributed by atoms with E-state index < -0.39 is 0 Å². The van der Waals surface area contributed by atoms with Gasteiger partial charge in [-0.05, 0) is 18.1 Å². The number of hydrogen-bond acceptors (Lipinski definition) is 0. The van der Waals surface area contributed by atoms with Gasteiger partial charge in [0.1, 0.15) is 0 Å². The van der Waals surface area contributed by atoms with E-state index in [9.17, 15) is 0 Å². The third-order valence-corrected chi connectivity index (χ3v) is 2.23. The van der Waals surface area contributed by atoms with Crippen LogP contribution >= 0.6 is 34.2 Å². The van der Waals surface area contributed by atoms with Crippen molar-refractivity contribution in [1.82, 2.24) is 0 Å². The van der Waals surface area contributed by atoms with E-state index in [0.717, 1.165) is 15.9 Å². The third-order valence-electron chi connectivity index (χ3n) is 1.32. The van der Waals surface area contributed by atoms with Crippen LogP contribution in [-0.4, -0.2) is 4.43 Å². The highest BCUT2D eigenvalue weighted by molar-refractivity contribution is 14.1. The van der Waals surface area contributed by atoms with Crippen molar-refractivity contribution in [3.05, 3.63) is 34.9 Å². The minimum Gasteiger partial charge on any atom is -0.0860 e. The van der Waals surface area contributed by atoms with Gasteiger partial charge in [-0.1, -0.05) is 52.4 Å². The molecule has 0 atom stereocenters. The van der Waals surface area contributed by atoms with Gasteiger partial charge in [0.2, 0.25) is 0 Å². The summed E-state index contributed by atoms with van der Waals surface area (Å²) in [6.07, 6.45) is 1.07. The molecule has 0 aliphatic rings. The second kappa shape index (κ2) is 4.19. The van der Waals surface area contributed by atoms with Crippen LogP contribution in [0.3, 0.4) is 0 Å². The molecule has 0 saturated carbocycles. The van der Waals surface area contributed by atoms with E-state index in [1.54, 1.807) is 0 Å². The van der Waals surface area contributed by atoms with Gasteiger partial charge in [-0.3, -0.25) is 0 Å². The lowest BCUT2D eigenvalue weighted by molar-refractivity contribution is 1.18. The smallest absolute Gasteiger partial charge is 0.0438 e. The van der Waals surface area contributed by atoms with Crippen LogP contribution in [0.2, 0.25) is 5.02 Å². The molecule has 0 aromatic heterocycles. The Morgan fingerprint density at radius 1 is 1.30 bits per heavy atom. The lowest BCUT2D eigenvalue weighted by atomic mass is 10.2. The predicted molar refractivity (Wildman–Crippen MR) is 54.0 cm³/mol. The normalized spacial score (nSPS) is 9.80. The highest BCUT2D eigenvalue weighted by atomic mass is 127. The van der Waals surface area contributed by atoms with Gasteiger partial charge < -0.3 is 0 Å². The summed E-state index contributed by atoms with van der Waals surface area (Å²) in [5.41, 5.74) is 1.25. The van der Waals surface area contributed by atoms with Gasteiger partial charge in [-0.25, -0.2) is 0 Å². The quantitative estimate of drug-likeness (QED) is 0.569. The predicted octanol–water partition coefficient (Wildman–Crippen LogP) is 3.32. The summed E-state index contributed by atoms with van der Waals surface area (Å²) >= 11 is 8.25. The summed E-state index contributed by atoms with van der Waals surface area (Å²) in [5.74, 6) is 0. The Morgan fingerprint density at radius 3 is 2.60 bits per heavy atom. The average Bonchev–Trinajstić information content (AvgIpc) is 1.94. The van der Waals surface area contributed by atoms with E-state index in [2.05, 4.69) is 28.7 Å². The van der Waals surface area contributed by atoms with E-state index in [4.69, 9.17) is 11.6 Å². The summed E-state index contributed by atoms with van der Waals surface area (Å²) in [6, 6.07) is 7.98. The van der Waals surface area contributed by atoms with Crippen molar-refractivity contribution in [1.29, 1.82) is 0 Å². The lowest BCUT2D eigenvalue weighted by Gasteiger charge is -1.98. The van der Waals surface area contributed by atoms with Crippen molar-refractivity contribution in [2.24, 2.45) is 0 Å². The van der Waals surface area contributed by atoms with E-state index in [1.807, 2.05) is 18.2 Å². The second-order valence-corrected chi connectivity index (χ2v) is 3.52. The van der Waals surface area contributed by atoms with Crippen molar-refractivity contribution in [2.45, 2.75) is 6.42 Å². The Labute approximate surface area is 79.7 Å². The summed E-state index contributed by atoms with van der Waals surface area (Å²) < 4.78 is 1.13. The monoisotopic (exact) mass is 266 g/mol. The van der Waals surface area contributed by atoms with Crippen LogP contribution in [0.25, 0.3) is 0 Å². The molecule has 0 unspecified atom stereocenters. The molecule has 0 heterocycles. The molecule has 1 rings (SSSR count). The molecule has 1 aromatic rings. The Hall–Kier alpha value is 0.240. The fourth-order valence-corrected chi connectivity index (χ4v) is 1.61. The molecule has 0 aliphatic heterocycles. The first-order valence-electron chi connectivity index (χ1n) is 3.14. The fraction of sp³-hybridized carbons (Fsp3) is 0.250. The van der Waals surface area contributed by atoms with Crippen molar-refractivity contribution in [2.75, 3.05) is 4.43 Å². The summed E-state index contributed by atoms with van der Waals surface area (Å²) in [6.45, 7) is 0. The van der Waals surface area contributed by atoms with Gasteiger partial charge >= 0.3 is 0 Å². The molecule has 0 bridgehead atoms. The molecule has 54 valence electrons. The van der Waals surface area contributed by atoms with Gasteiger partial charge in [0, 0.05) is 9.45 Å². The van der Waals surface area contributed by atoms with Crippen molar-refractivity contribution < 1.29 is 0 Å². The van der Waals surface area contributed by atoms with Crippen LogP contribution in [0.5, 0.6) is 0 Å². The summed E-state index contributed by atoms with van der Waals surface area (Å²) in [5, 5.41) is 0.888. The number of halogens is 2. The molecular weight excluding hydrogens is 258 g/mol.